The Labute approximate surface area is 179 Å². The highest BCUT2D eigenvalue weighted by Crippen LogP contribution is 2.38. The number of rotatable bonds is 8. The van der Waals surface area contributed by atoms with Crippen molar-refractivity contribution in [3.8, 4) is 11.5 Å². The number of Topliss-reactive ketones (excluding diaryl/α,β-unsaturated/α-hetero) is 1. The fourth-order valence-corrected chi connectivity index (χ4v) is 6.94. The molecule has 1 amide bonds. The van der Waals surface area contributed by atoms with E-state index in [0.29, 0.717) is 41.5 Å². The largest absolute Gasteiger partial charge is 0.454 e. The monoisotopic (exact) mass is 438 g/mol. The molecular formula is C22H34N2O5S. The van der Waals surface area contributed by atoms with Gasteiger partial charge < -0.3 is 14.8 Å². The molecule has 1 N–H and O–H groups in total. The minimum absolute atomic E-state index is 0.106. The number of ether oxygens (including phenoxy) is 2. The topological polar surface area (TPSA) is 84.9 Å². The van der Waals surface area contributed by atoms with E-state index in [2.05, 4.69) is 16.5 Å². The summed E-state index contributed by atoms with van der Waals surface area (Å²) >= 11 is 0. The quantitative estimate of drug-likeness (QED) is 0.629. The van der Waals surface area contributed by atoms with Gasteiger partial charge in [-0.3, -0.25) is 13.8 Å². The molecule has 0 aromatic heterocycles. The number of unbranched alkanes of at least 4 members (excludes halogenated alkanes) is 1. The zero-order valence-electron chi connectivity index (χ0n) is 18.5. The second-order valence-electron chi connectivity index (χ2n) is 9.02. The molecule has 0 saturated carbocycles. The third-order valence-corrected chi connectivity index (χ3v) is 9.40. The second-order valence-corrected chi connectivity index (χ2v) is 14.0. The summed E-state index contributed by atoms with van der Waals surface area (Å²) in [5.41, 5.74) is 0.850. The molecule has 168 valence electrons. The van der Waals surface area contributed by atoms with Crippen molar-refractivity contribution < 1.29 is 23.3 Å². The van der Waals surface area contributed by atoms with Crippen LogP contribution in [0.15, 0.2) is 12.1 Å². The van der Waals surface area contributed by atoms with Crippen LogP contribution in [0.3, 0.4) is 0 Å². The molecule has 2 aliphatic rings. The number of hydrogen-bond donors (Lipinski definition) is 1. The smallest absolute Gasteiger partial charge is 0.231 e. The average molecular weight is 439 g/mol. The molecule has 30 heavy (non-hydrogen) atoms. The van der Waals surface area contributed by atoms with Crippen LogP contribution in [0.1, 0.15) is 56.3 Å². The molecule has 0 spiro atoms. The Morgan fingerprint density at radius 2 is 1.93 bits per heavy atom. The number of piperidine rings is 1. The molecule has 1 unspecified atom stereocenters. The summed E-state index contributed by atoms with van der Waals surface area (Å²) in [5.74, 6) is 1.58. The number of amides is 1. The first-order valence-corrected chi connectivity index (χ1v) is 13.6. The van der Waals surface area contributed by atoms with E-state index in [0.717, 1.165) is 32.2 Å². The Kier molecular flexibility index (Phi) is 6.57. The summed E-state index contributed by atoms with van der Waals surface area (Å²) < 4.78 is 26.4. The lowest BCUT2D eigenvalue weighted by atomic mass is 9.95. The molecule has 2 heterocycles. The van der Waals surface area contributed by atoms with Crippen LogP contribution in [0.5, 0.6) is 11.5 Å². The molecule has 3 rings (SSSR count). The van der Waals surface area contributed by atoms with Gasteiger partial charge in [0.05, 0.1) is 5.69 Å². The maximum absolute atomic E-state index is 13.6. The van der Waals surface area contributed by atoms with Gasteiger partial charge in [0, 0.05) is 49.4 Å². The van der Waals surface area contributed by atoms with Crippen LogP contribution >= 0.6 is 0 Å². The molecule has 2 aliphatic heterocycles. The SMILES string of the molecule is CCCCS(C)(C)(=O)N1CCCC(CC(=O)Nc2cc3c(cc2C(C)=O)OCO3)C1. The molecule has 1 aromatic rings. The Balaban J connectivity index is 1.67. The normalized spacial score (nSPS) is 20.4. The van der Waals surface area contributed by atoms with E-state index in [-0.39, 0.29) is 24.4 Å². The van der Waals surface area contributed by atoms with Crippen molar-refractivity contribution in [2.24, 2.45) is 5.92 Å². The first-order valence-electron chi connectivity index (χ1n) is 10.7. The van der Waals surface area contributed by atoms with Crippen molar-refractivity contribution in [1.82, 2.24) is 4.31 Å². The third-order valence-electron chi connectivity index (χ3n) is 6.01. The van der Waals surface area contributed by atoms with Crippen molar-refractivity contribution in [2.45, 2.75) is 46.0 Å². The highest BCUT2D eigenvalue weighted by molar-refractivity contribution is 8.16. The van der Waals surface area contributed by atoms with Gasteiger partial charge in [0.1, 0.15) is 0 Å². The Bertz CT molecular complexity index is 892. The van der Waals surface area contributed by atoms with Gasteiger partial charge in [0.15, 0.2) is 17.3 Å². The average Bonchev–Trinajstić information content (AvgIpc) is 3.13. The first-order chi connectivity index (χ1) is 14.1. The summed E-state index contributed by atoms with van der Waals surface area (Å²) in [6, 6.07) is 3.26. The van der Waals surface area contributed by atoms with Crippen molar-refractivity contribution in [1.29, 1.82) is 0 Å². The Morgan fingerprint density at radius 1 is 1.23 bits per heavy atom. The number of nitrogens with zero attached hydrogens (tertiary/aromatic N) is 1. The van der Waals surface area contributed by atoms with Crippen LogP contribution in [-0.4, -0.2) is 58.4 Å². The summed E-state index contributed by atoms with van der Waals surface area (Å²) in [4.78, 5) is 24.8. The van der Waals surface area contributed by atoms with Crippen LogP contribution in [-0.2, 0) is 14.0 Å². The first kappa shape index (κ1) is 22.7. The summed E-state index contributed by atoms with van der Waals surface area (Å²) in [6.45, 7) is 5.15. The van der Waals surface area contributed by atoms with Gasteiger partial charge in [0.2, 0.25) is 12.7 Å². The van der Waals surface area contributed by atoms with Crippen LogP contribution < -0.4 is 14.8 Å². The van der Waals surface area contributed by atoms with Gasteiger partial charge >= 0.3 is 0 Å². The number of hydrogen-bond acceptors (Lipinski definition) is 5. The van der Waals surface area contributed by atoms with E-state index in [9.17, 15) is 13.8 Å². The third kappa shape index (κ3) is 5.21. The summed E-state index contributed by atoms with van der Waals surface area (Å²) in [6.07, 6.45) is 7.94. The van der Waals surface area contributed by atoms with E-state index in [1.165, 1.54) is 6.92 Å². The number of ketones is 1. The lowest BCUT2D eigenvalue weighted by Gasteiger charge is -2.49. The van der Waals surface area contributed by atoms with Gasteiger partial charge in [-0.2, -0.15) is 0 Å². The van der Waals surface area contributed by atoms with Crippen molar-refractivity contribution in [2.75, 3.05) is 43.5 Å². The number of nitrogens with one attached hydrogen (secondary N) is 1. The molecule has 8 heteroatoms. The molecule has 7 nitrogen and oxygen atoms in total. The van der Waals surface area contributed by atoms with Crippen LogP contribution in [0.4, 0.5) is 5.69 Å². The van der Waals surface area contributed by atoms with Gasteiger partial charge in [-0.1, -0.05) is 22.6 Å². The van der Waals surface area contributed by atoms with Gasteiger partial charge in [-0.25, -0.2) is 4.31 Å². The van der Waals surface area contributed by atoms with E-state index >= 15 is 0 Å². The second kappa shape index (κ2) is 8.67. The molecule has 1 fully saturated rings. The van der Waals surface area contributed by atoms with E-state index in [4.69, 9.17) is 9.47 Å². The molecular weight excluding hydrogens is 404 g/mol. The zero-order chi connectivity index (χ0) is 22.0. The van der Waals surface area contributed by atoms with Crippen LogP contribution in [0.25, 0.3) is 0 Å². The number of carbonyl (C=O) groups is 2. The molecule has 1 saturated heterocycles. The number of anilines is 1. The maximum Gasteiger partial charge on any atom is 0.231 e. The predicted molar refractivity (Wildman–Crippen MR) is 120 cm³/mol. The molecule has 1 atom stereocenters. The molecule has 0 aliphatic carbocycles. The van der Waals surface area contributed by atoms with E-state index in [1.54, 1.807) is 12.1 Å². The lowest BCUT2D eigenvalue weighted by molar-refractivity contribution is -0.117. The summed E-state index contributed by atoms with van der Waals surface area (Å²) in [5, 5.41) is 2.88. The highest BCUT2D eigenvalue weighted by atomic mass is 32.3. The number of fused-ring (bicyclic) bond motifs is 1. The molecule has 0 radical (unpaired) electrons. The van der Waals surface area contributed by atoms with Gasteiger partial charge in [0.25, 0.3) is 0 Å². The lowest BCUT2D eigenvalue weighted by Crippen LogP contribution is -2.55. The van der Waals surface area contributed by atoms with Crippen molar-refractivity contribution >= 4 is 26.6 Å². The molecule has 0 bridgehead atoms. The maximum atomic E-state index is 13.6. The fourth-order valence-electron chi connectivity index (χ4n) is 4.20. The minimum atomic E-state index is -2.86. The fraction of sp³-hybridized carbons (Fsp3) is 0.636. The van der Waals surface area contributed by atoms with E-state index in [1.807, 2.05) is 12.5 Å². The number of benzene rings is 1. The van der Waals surface area contributed by atoms with E-state index < -0.39 is 9.25 Å². The zero-order valence-corrected chi connectivity index (χ0v) is 19.3. The van der Waals surface area contributed by atoms with Crippen molar-refractivity contribution in [3.63, 3.8) is 0 Å². The summed E-state index contributed by atoms with van der Waals surface area (Å²) in [7, 11) is -2.86. The van der Waals surface area contributed by atoms with Gasteiger partial charge in [-0.05, 0) is 38.2 Å². The van der Waals surface area contributed by atoms with Gasteiger partial charge in [-0.15, -0.1) is 0 Å². The van der Waals surface area contributed by atoms with Crippen LogP contribution in [0, 0.1) is 5.92 Å². The Hall–Kier alpha value is -1.93. The number of carbonyl (C=O) groups excluding carboxylic acids is 2. The highest BCUT2D eigenvalue weighted by Gasteiger charge is 2.36. The minimum Gasteiger partial charge on any atom is -0.454 e. The molecule has 1 aromatic carbocycles. The standard InChI is InChI=1S/C22H34N2O5S/c1-5-6-10-30(3,4,27)24-9-7-8-17(14-24)11-22(26)23-19-13-21-20(28-15-29-21)12-18(19)16(2)25/h12-13,17H,5-11,14-15H2,1-4H3,(H,23,26). The Morgan fingerprint density at radius 3 is 2.60 bits per heavy atom. The van der Waals surface area contributed by atoms with Crippen molar-refractivity contribution in [3.05, 3.63) is 17.7 Å². The predicted octanol–water partition coefficient (Wildman–Crippen LogP) is 3.45. The van der Waals surface area contributed by atoms with Crippen LogP contribution in [0.2, 0.25) is 0 Å².